The number of ether oxygens (including phenoxy) is 2. The van der Waals surface area contributed by atoms with Gasteiger partial charge >= 0.3 is 0 Å². The summed E-state index contributed by atoms with van der Waals surface area (Å²) in [5.74, 6) is 0.0876. The van der Waals surface area contributed by atoms with Crippen molar-refractivity contribution in [1.29, 1.82) is 0 Å². The quantitative estimate of drug-likeness (QED) is 0.497. The largest absolute Gasteiger partial charge is 0.394 e. The van der Waals surface area contributed by atoms with Crippen molar-refractivity contribution in [2.75, 3.05) is 26.3 Å². The zero-order valence-electron chi connectivity index (χ0n) is 16.4. The van der Waals surface area contributed by atoms with Gasteiger partial charge in [0.2, 0.25) is 10.0 Å². The molecule has 27 heavy (non-hydrogen) atoms. The summed E-state index contributed by atoms with van der Waals surface area (Å²) < 4.78 is 37.3. The van der Waals surface area contributed by atoms with E-state index >= 15 is 0 Å². The second-order valence-corrected chi connectivity index (χ2v) is 10.2. The Hall–Kier alpha value is -0.970. The van der Waals surface area contributed by atoms with E-state index in [9.17, 15) is 18.3 Å². The smallest absolute Gasteiger partial charge is 0.241 e. The molecule has 0 aromatic heterocycles. The van der Waals surface area contributed by atoms with E-state index in [1.807, 2.05) is 6.92 Å². The molecule has 0 aliphatic carbocycles. The van der Waals surface area contributed by atoms with Crippen molar-refractivity contribution in [3.8, 4) is 0 Å². The Kier molecular flexibility index (Phi) is 9.40. The highest BCUT2D eigenvalue weighted by Gasteiger charge is 2.37. The van der Waals surface area contributed by atoms with E-state index in [0.29, 0.717) is 5.75 Å². The number of methoxy groups -OCH3 is 1. The standard InChI is InChI=1S/C18H29NO6S2/c1-13-6-8-16(9-7-13)27(22,23)19-17(14(2)21)18(3,4)26-11-15(10-20)25-12-24-5/h6-9,15,17,19-20H,10-12H2,1-5H3/t15-,17+/m1/s1. The fourth-order valence-electron chi connectivity index (χ4n) is 2.36. The number of aryl methyl sites for hydroxylation is 1. The highest BCUT2D eigenvalue weighted by atomic mass is 32.2. The van der Waals surface area contributed by atoms with Crippen LogP contribution in [0, 0.1) is 6.92 Å². The van der Waals surface area contributed by atoms with E-state index in [0.717, 1.165) is 5.56 Å². The zero-order valence-corrected chi connectivity index (χ0v) is 18.0. The second-order valence-electron chi connectivity index (χ2n) is 6.77. The van der Waals surface area contributed by atoms with Crippen LogP contribution in [0.1, 0.15) is 26.3 Å². The minimum atomic E-state index is -3.85. The van der Waals surface area contributed by atoms with Crippen LogP contribution in [0.5, 0.6) is 0 Å². The monoisotopic (exact) mass is 419 g/mol. The lowest BCUT2D eigenvalue weighted by Crippen LogP contribution is -2.52. The molecule has 7 nitrogen and oxygen atoms in total. The molecule has 2 N–H and O–H groups in total. The Bertz CT molecular complexity index is 703. The third-order valence-corrected chi connectivity index (χ3v) is 6.93. The summed E-state index contributed by atoms with van der Waals surface area (Å²) in [5, 5.41) is 9.38. The first-order valence-corrected chi connectivity index (χ1v) is 10.9. The van der Waals surface area contributed by atoms with E-state index in [1.54, 1.807) is 26.0 Å². The summed E-state index contributed by atoms with van der Waals surface area (Å²) in [6.07, 6.45) is -0.476. The molecule has 0 spiro atoms. The van der Waals surface area contributed by atoms with Gasteiger partial charge in [-0.1, -0.05) is 17.7 Å². The predicted molar refractivity (Wildman–Crippen MR) is 106 cm³/mol. The van der Waals surface area contributed by atoms with E-state index in [1.165, 1.54) is 37.9 Å². The van der Waals surface area contributed by atoms with Crippen molar-refractivity contribution in [1.82, 2.24) is 4.72 Å². The summed E-state index contributed by atoms with van der Waals surface area (Å²) >= 11 is 1.35. The summed E-state index contributed by atoms with van der Waals surface area (Å²) in [6.45, 7) is 6.63. The van der Waals surface area contributed by atoms with E-state index in [-0.39, 0.29) is 24.1 Å². The van der Waals surface area contributed by atoms with Gasteiger partial charge in [-0.05, 0) is 39.8 Å². The maximum atomic E-state index is 12.7. The Balaban J connectivity index is 2.92. The van der Waals surface area contributed by atoms with Crippen molar-refractivity contribution in [2.45, 2.75) is 49.5 Å². The topological polar surface area (TPSA) is 102 Å². The van der Waals surface area contributed by atoms with E-state index < -0.39 is 26.9 Å². The number of aliphatic hydroxyl groups excluding tert-OH is 1. The number of carbonyl (C=O) groups is 1. The van der Waals surface area contributed by atoms with Crippen LogP contribution in [0.4, 0.5) is 0 Å². The van der Waals surface area contributed by atoms with Gasteiger partial charge in [0.1, 0.15) is 12.6 Å². The SMILES string of the molecule is COCO[C@H](CO)CSC(C)(C)[C@@H](NS(=O)(=O)c1ccc(C)cc1)C(C)=O. The predicted octanol–water partition coefficient (Wildman–Crippen LogP) is 1.72. The highest BCUT2D eigenvalue weighted by Crippen LogP contribution is 2.31. The zero-order chi connectivity index (χ0) is 20.7. The van der Waals surface area contributed by atoms with Gasteiger partial charge in [0.05, 0.1) is 23.6 Å². The van der Waals surface area contributed by atoms with Crippen LogP contribution in [0.15, 0.2) is 29.2 Å². The molecule has 0 unspecified atom stereocenters. The van der Waals surface area contributed by atoms with Gasteiger partial charge in [-0.3, -0.25) is 4.79 Å². The van der Waals surface area contributed by atoms with Gasteiger partial charge < -0.3 is 14.6 Å². The third-order valence-electron chi connectivity index (χ3n) is 3.97. The number of hydrogen-bond acceptors (Lipinski definition) is 7. The number of carbonyl (C=O) groups excluding carboxylic acids is 1. The maximum absolute atomic E-state index is 12.7. The van der Waals surface area contributed by atoms with Crippen LogP contribution in [-0.2, 0) is 24.3 Å². The van der Waals surface area contributed by atoms with Crippen LogP contribution in [0.3, 0.4) is 0 Å². The van der Waals surface area contributed by atoms with Crippen molar-refractivity contribution >= 4 is 27.6 Å². The molecule has 1 aromatic carbocycles. The van der Waals surface area contributed by atoms with Gasteiger partial charge in [0.15, 0.2) is 0 Å². The van der Waals surface area contributed by atoms with Crippen molar-refractivity contribution in [3.63, 3.8) is 0 Å². The first-order valence-electron chi connectivity index (χ1n) is 8.48. The van der Waals surface area contributed by atoms with Crippen molar-refractivity contribution in [3.05, 3.63) is 29.8 Å². The Morgan fingerprint density at radius 1 is 1.30 bits per heavy atom. The minimum absolute atomic E-state index is 0.0441. The second kappa shape index (κ2) is 10.5. The molecule has 0 amide bonds. The lowest BCUT2D eigenvalue weighted by atomic mass is 10.0. The average molecular weight is 420 g/mol. The summed E-state index contributed by atoms with van der Waals surface area (Å²) in [6, 6.07) is 5.49. The van der Waals surface area contributed by atoms with Crippen LogP contribution in [0.2, 0.25) is 0 Å². The van der Waals surface area contributed by atoms with Gasteiger partial charge in [-0.25, -0.2) is 8.42 Å². The summed E-state index contributed by atoms with van der Waals surface area (Å²) in [4.78, 5) is 12.3. The number of sulfonamides is 1. The molecule has 0 fully saturated rings. The minimum Gasteiger partial charge on any atom is -0.394 e. The first kappa shape index (κ1) is 24.1. The lowest BCUT2D eigenvalue weighted by Gasteiger charge is -2.33. The van der Waals surface area contributed by atoms with Crippen LogP contribution in [-0.4, -0.2) is 62.5 Å². The molecular formula is C18H29NO6S2. The molecule has 2 atom stereocenters. The molecular weight excluding hydrogens is 390 g/mol. The summed E-state index contributed by atoms with van der Waals surface area (Å²) in [7, 11) is -2.36. The summed E-state index contributed by atoms with van der Waals surface area (Å²) in [5.41, 5.74) is 0.944. The third kappa shape index (κ3) is 7.52. The maximum Gasteiger partial charge on any atom is 0.241 e. The molecule has 0 heterocycles. The van der Waals surface area contributed by atoms with Crippen LogP contribution < -0.4 is 4.72 Å². The Labute approximate surface area is 165 Å². The number of rotatable bonds is 12. The van der Waals surface area contributed by atoms with Gasteiger partial charge in [-0.2, -0.15) is 16.5 Å². The molecule has 9 heteroatoms. The van der Waals surface area contributed by atoms with Gasteiger partial charge in [0, 0.05) is 17.6 Å². The number of hydrogen-bond donors (Lipinski definition) is 2. The molecule has 0 bridgehead atoms. The first-order chi connectivity index (χ1) is 12.5. The molecule has 0 aliphatic rings. The van der Waals surface area contributed by atoms with E-state index in [4.69, 9.17) is 9.47 Å². The highest BCUT2D eigenvalue weighted by molar-refractivity contribution is 8.00. The van der Waals surface area contributed by atoms with Gasteiger partial charge in [0.25, 0.3) is 0 Å². The van der Waals surface area contributed by atoms with Crippen LogP contribution >= 0.6 is 11.8 Å². The lowest BCUT2D eigenvalue weighted by molar-refractivity contribution is -0.119. The molecule has 0 radical (unpaired) electrons. The number of thioether (sulfide) groups is 1. The van der Waals surface area contributed by atoms with Gasteiger partial charge in [-0.15, -0.1) is 0 Å². The molecule has 0 aliphatic heterocycles. The molecule has 0 saturated carbocycles. The number of Topliss-reactive ketones (excluding diaryl/α,β-unsaturated/α-hetero) is 1. The Morgan fingerprint density at radius 2 is 1.89 bits per heavy atom. The van der Waals surface area contributed by atoms with Crippen molar-refractivity contribution in [2.24, 2.45) is 0 Å². The molecule has 1 aromatic rings. The number of ketones is 1. The number of benzene rings is 1. The normalized spacial score (nSPS) is 14.7. The molecule has 0 saturated heterocycles. The van der Waals surface area contributed by atoms with E-state index in [2.05, 4.69) is 4.72 Å². The molecule has 1 rings (SSSR count). The van der Waals surface area contributed by atoms with Crippen molar-refractivity contribution < 1.29 is 27.8 Å². The fraction of sp³-hybridized carbons (Fsp3) is 0.611. The number of nitrogens with one attached hydrogen (secondary N) is 1. The fourth-order valence-corrected chi connectivity index (χ4v) is 5.05. The number of aliphatic hydroxyl groups is 1. The Morgan fingerprint density at radius 3 is 2.37 bits per heavy atom. The molecule has 154 valence electrons. The average Bonchev–Trinajstić information content (AvgIpc) is 2.60. The van der Waals surface area contributed by atoms with Crippen LogP contribution in [0.25, 0.3) is 0 Å².